The average Bonchev–Trinajstić information content (AvgIpc) is 3.05. The van der Waals surface area contributed by atoms with Gasteiger partial charge in [0.05, 0.1) is 0 Å². The highest BCUT2D eigenvalue weighted by Crippen LogP contribution is 2.32. The lowest BCUT2D eigenvalue weighted by Crippen LogP contribution is -2.10. The SMILES string of the molecule is CCCC(=O)Nc1ccc(Sc2c(CC)c(C)nc3ncnn23)cc1. The van der Waals surface area contributed by atoms with Crippen molar-refractivity contribution < 1.29 is 4.79 Å². The van der Waals surface area contributed by atoms with E-state index < -0.39 is 0 Å². The normalized spacial score (nSPS) is 11.0. The lowest BCUT2D eigenvalue weighted by atomic mass is 10.2. The predicted octanol–water partition coefficient (Wildman–Crippen LogP) is 3.88. The molecule has 0 fully saturated rings. The number of hydrogen-bond donors (Lipinski definition) is 1. The van der Waals surface area contributed by atoms with Crippen molar-refractivity contribution in [3.63, 3.8) is 0 Å². The summed E-state index contributed by atoms with van der Waals surface area (Å²) >= 11 is 1.63. The zero-order valence-corrected chi connectivity index (χ0v) is 15.4. The first-order valence-electron chi connectivity index (χ1n) is 8.39. The van der Waals surface area contributed by atoms with Gasteiger partial charge in [0.15, 0.2) is 0 Å². The molecular formula is C18H21N5OS. The first kappa shape index (κ1) is 17.4. The maximum Gasteiger partial charge on any atom is 0.253 e. The third-order valence-electron chi connectivity index (χ3n) is 3.87. The topological polar surface area (TPSA) is 72.2 Å². The Balaban J connectivity index is 1.86. The molecule has 0 unspecified atom stereocenters. The Morgan fingerprint density at radius 1 is 1.24 bits per heavy atom. The van der Waals surface area contributed by atoms with E-state index in [1.165, 1.54) is 11.9 Å². The van der Waals surface area contributed by atoms with Crippen molar-refractivity contribution in [2.75, 3.05) is 5.32 Å². The van der Waals surface area contributed by atoms with E-state index in [0.29, 0.717) is 12.2 Å². The second-order valence-corrected chi connectivity index (χ2v) is 6.79. The van der Waals surface area contributed by atoms with Crippen molar-refractivity contribution in [2.45, 2.75) is 50.0 Å². The van der Waals surface area contributed by atoms with Gasteiger partial charge in [-0.25, -0.2) is 4.98 Å². The number of fused-ring (bicyclic) bond motifs is 1. The maximum atomic E-state index is 11.7. The molecule has 0 radical (unpaired) electrons. The molecule has 0 aliphatic heterocycles. The van der Waals surface area contributed by atoms with E-state index >= 15 is 0 Å². The summed E-state index contributed by atoms with van der Waals surface area (Å²) in [6.45, 7) is 6.11. The van der Waals surface area contributed by atoms with E-state index in [0.717, 1.165) is 34.1 Å². The summed E-state index contributed by atoms with van der Waals surface area (Å²) in [5, 5.41) is 8.25. The second-order valence-electron chi connectivity index (χ2n) is 5.73. The number of benzene rings is 1. The molecule has 1 N–H and O–H groups in total. The van der Waals surface area contributed by atoms with Crippen LogP contribution in [-0.2, 0) is 11.2 Å². The van der Waals surface area contributed by atoms with E-state index in [1.807, 2.05) is 38.1 Å². The number of rotatable bonds is 6. The number of nitrogens with one attached hydrogen (secondary N) is 1. The van der Waals surface area contributed by atoms with Crippen molar-refractivity contribution >= 4 is 29.1 Å². The van der Waals surface area contributed by atoms with Gasteiger partial charge in [0.1, 0.15) is 11.4 Å². The molecule has 3 rings (SSSR count). The standard InChI is InChI=1S/C18H21N5OS/c1-4-6-16(24)22-13-7-9-14(10-8-13)25-17-15(5-2)12(3)21-18-19-11-20-23(17)18/h7-11H,4-6H2,1-3H3,(H,22,24). The molecule has 1 amide bonds. The number of aryl methyl sites for hydroxylation is 1. The van der Waals surface area contributed by atoms with Gasteiger partial charge in [-0.05, 0) is 44.0 Å². The lowest BCUT2D eigenvalue weighted by molar-refractivity contribution is -0.116. The summed E-state index contributed by atoms with van der Waals surface area (Å²) in [7, 11) is 0. The molecule has 2 heterocycles. The zero-order valence-electron chi connectivity index (χ0n) is 14.6. The molecular weight excluding hydrogens is 334 g/mol. The Morgan fingerprint density at radius 3 is 2.68 bits per heavy atom. The van der Waals surface area contributed by atoms with Crippen LogP contribution in [0.15, 0.2) is 40.5 Å². The summed E-state index contributed by atoms with van der Waals surface area (Å²) < 4.78 is 1.79. The highest BCUT2D eigenvalue weighted by Gasteiger charge is 2.14. The number of hydrogen-bond acceptors (Lipinski definition) is 5. The van der Waals surface area contributed by atoms with Gasteiger partial charge < -0.3 is 5.32 Å². The number of anilines is 1. The van der Waals surface area contributed by atoms with Crippen LogP contribution in [0.2, 0.25) is 0 Å². The van der Waals surface area contributed by atoms with Crippen LogP contribution in [0.1, 0.15) is 37.9 Å². The minimum Gasteiger partial charge on any atom is -0.326 e. The summed E-state index contributed by atoms with van der Waals surface area (Å²) in [4.78, 5) is 21.5. The molecule has 0 saturated carbocycles. The minimum absolute atomic E-state index is 0.0465. The highest BCUT2D eigenvalue weighted by atomic mass is 32.2. The number of carbonyl (C=O) groups is 1. The fourth-order valence-corrected chi connectivity index (χ4v) is 3.76. The van der Waals surface area contributed by atoms with Crippen LogP contribution in [0.3, 0.4) is 0 Å². The van der Waals surface area contributed by atoms with Crippen LogP contribution >= 0.6 is 11.8 Å². The van der Waals surface area contributed by atoms with Gasteiger partial charge in [-0.15, -0.1) is 0 Å². The Hall–Kier alpha value is -2.41. The summed E-state index contributed by atoms with van der Waals surface area (Å²) in [6.07, 6.45) is 3.78. The molecule has 1 aromatic carbocycles. The molecule has 25 heavy (non-hydrogen) atoms. The quantitative estimate of drug-likeness (QED) is 0.679. The third kappa shape index (κ3) is 3.82. The Bertz CT molecular complexity index is 888. The lowest BCUT2D eigenvalue weighted by Gasteiger charge is -2.12. The number of aromatic nitrogens is 4. The summed E-state index contributed by atoms with van der Waals surface area (Å²) in [6, 6.07) is 7.86. The van der Waals surface area contributed by atoms with Crippen molar-refractivity contribution in [1.82, 2.24) is 19.6 Å². The molecule has 0 saturated heterocycles. The van der Waals surface area contributed by atoms with Gasteiger partial charge in [-0.2, -0.15) is 14.6 Å². The Kier molecular flexibility index (Phi) is 5.33. The zero-order chi connectivity index (χ0) is 17.8. The van der Waals surface area contributed by atoms with Crippen molar-refractivity contribution in [2.24, 2.45) is 0 Å². The second kappa shape index (κ2) is 7.65. The Labute approximate surface area is 151 Å². The fourth-order valence-electron chi connectivity index (χ4n) is 2.64. The van der Waals surface area contributed by atoms with Crippen LogP contribution in [0.5, 0.6) is 0 Å². The van der Waals surface area contributed by atoms with Gasteiger partial charge in [0.25, 0.3) is 5.78 Å². The Morgan fingerprint density at radius 2 is 2.00 bits per heavy atom. The van der Waals surface area contributed by atoms with E-state index in [1.54, 1.807) is 16.3 Å². The number of carbonyl (C=O) groups excluding carboxylic acids is 1. The van der Waals surface area contributed by atoms with Gasteiger partial charge in [-0.3, -0.25) is 4.79 Å². The van der Waals surface area contributed by atoms with Crippen LogP contribution in [-0.4, -0.2) is 25.5 Å². The minimum atomic E-state index is 0.0465. The van der Waals surface area contributed by atoms with Crippen LogP contribution in [0, 0.1) is 6.92 Å². The van der Waals surface area contributed by atoms with E-state index in [4.69, 9.17) is 0 Å². The monoisotopic (exact) mass is 355 g/mol. The van der Waals surface area contributed by atoms with E-state index in [-0.39, 0.29) is 5.91 Å². The first-order chi connectivity index (χ1) is 12.1. The summed E-state index contributed by atoms with van der Waals surface area (Å²) in [5.74, 6) is 0.658. The molecule has 0 aliphatic carbocycles. The van der Waals surface area contributed by atoms with Crippen LogP contribution in [0.25, 0.3) is 5.78 Å². The first-order valence-corrected chi connectivity index (χ1v) is 9.21. The van der Waals surface area contributed by atoms with Gasteiger partial charge in [-0.1, -0.05) is 25.6 Å². The average molecular weight is 355 g/mol. The largest absolute Gasteiger partial charge is 0.326 e. The van der Waals surface area contributed by atoms with E-state index in [2.05, 4.69) is 27.3 Å². The van der Waals surface area contributed by atoms with Crippen molar-refractivity contribution in [1.29, 1.82) is 0 Å². The molecule has 0 spiro atoms. The molecule has 130 valence electrons. The predicted molar refractivity (Wildman–Crippen MR) is 99.0 cm³/mol. The molecule has 3 aromatic rings. The third-order valence-corrected chi connectivity index (χ3v) is 4.99. The molecule has 2 aromatic heterocycles. The number of amides is 1. The molecule has 0 aliphatic rings. The molecule has 6 nitrogen and oxygen atoms in total. The van der Waals surface area contributed by atoms with Gasteiger partial charge in [0, 0.05) is 28.3 Å². The van der Waals surface area contributed by atoms with Crippen LogP contribution in [0.4, 0.5) is 5.69 Å². The molecule has 0 atom stereocenters. The molecule has 0 bridgehead atoms. The van der Waals surface area contributed by atoms with E-state index in [9.17, 15) is 4.79 Å². The molecule has 7 heteroatoms. The van der Waals surface area contributed by atoms with Crippen molar-refractivity contribution in [3.8, 4) is 0 Å². The van der Waals surface area contributed by atoms with Crippen molar-refractivity contribution in [3.05, 3.63) is 41.9 Å². The highest BCUT2D eigenvalue weighted by molar-refractivity contribution is 7.99. The van der Waals surface area contributed by atoms with Crippen LogP contribution < -0.4 is 5.32 Å². The van der Waals surface area contributed by atoms with Gasteiger partial charge in [0.2, 0.25) is 5.91 Å². The smallest absolute Gasteiger partial charge is 0.253 e. The number of nitrogens with zero attached hydrogens (tertiary/aromatic N) is 4. The fraction of sp³-hybridized carbons (Fsp3) is 0.333. The maximum absolute atomic E-state index is 11.7. The summed E-state index contributed by atoms with van der Waals surface area (Å²) in [5.41, 5.74) is 2.97. The van der Waals surface area contributed by atoms with Gasteiger partial charge >= 0.3 is 0 Å².